The van der Waals surface area contributed by atoms with Crippen LogP contribution in [0.2, 0.25) is 0 Å². The number of carbonyl (C=O) groups is 1. The first-order valence-electron chi connectivity index (χ1n) is 5.43. The number of aryl methyl sites for hydroxylation is 1. The van der Waals surface area contributed by atoms with Crippen LogP contribution in [-0.4, -0.2) is 46.7 Å². The number of aromatic amines is 1. The van der Waals surface area contributed by atoms with Crippen LogP contribution in [0.25, 0.3) is 0 Å². The first-order valence-corrected chi connectivity index (χ1v) is 5.43. The Morgan fingerprint density at radius 1 is 1.81 bits per heavy atom. The van der Waals surface area contributed by atoms with Crippen molar-refractivity contribution < 1.29 is 4.79 Å². The number of anilines is 1. The molecule has 0 aromatic carbocycles. The molecular formula is C10H17N5O. The maximum absolute atomic E-state index is 11.6. The first kappa shape index (κ1) is 11.1. The minimum atomic E-state index is -0.0411. The average Bonchev–Trinajstić information content (AvgIpc) is 2.76. The number of likely N-dealkylation sites (tertiary alicyclic amines) is 1. The third-order valence-electron chi connectivity index (χ3n) is 2.65. The van der Waals surface area contributed by atoms with Crippen molar-refractivity contribution in [2.24, 2.45) is 5.73 Å². The summed E-state index contributed by atoms with van der Waals surface area (Å²) >= 11 is 0. The highest BCUT2D eigenvalue weighted by molar-refractivity contribution is 5.91. The van der Waals surface area contributed by atoms with Crippen LogP contribution in [0.1, 0.15) is 12.1 Å². The van der Waals surface area contributed by atoms with E-state index in [1.165, 1.54) is 0 Å². The molecule has 0 spiro atoms. The molecule has 1 aliphatic heterocycles. The summed E-state index contributed by atoms with van der Waals surface area (Å²) in [5.41, 5.74) is 6.70. The van der Waals surface area contributed by atoms with Crippen LogP contribution in [-0.2, 0) is 4.79 Å². The molecule has 2 rings (SSSR count). The van der Waals surface area contributed by atoms with Gasteiger partial charge >= 0.3 is 0 Å². The summed E-state index contributed by atoms with van der Waals surface area (Å²) in [6.07, 6.45) is 0.967. The van der Waals surface area contributed by atoms with Crippen molar-refractivity contribution in [2.75, 3.05) is 25.0 Å². The summed E-state index contributed by atoms with van der Waals surface area (Å²) < 4.78 is 0. The summed E-state index contributed by atoms with van der Waals surface area (Å²) in [4.78, 5) is 13.7. The van der Waals surface area contributed by atoms with Gasteiger partial charge in [0.15, 0.2) is 5.82 Å². The normalized spacial score (nSPS) is 21.2. The smallest absolute Gasteiger partial charge is 0.239 e. The zero-order valence-corrected chi connectivity index (χ0v) is 9.36. The van der Waals surface area contributed by atoms with E-state index in [2.05, 4.69) is 20.4 Å². The van der Waals surface area contributed by atoms with Gasteiger partial charge in [0.1, 0.15) is 0 Å². The Labute approximate surface area is 94.2 Å². The van der Waals surface area contributed by atoms with Gasteiger partial charge < -0.3 is 11.1 Å². The van der Waals surface area contributed by atoms with Crippen molar-refractivity contribution in [3.8, 4) is 0 Å². The van der Waals surface area contributed by atoms with E-state index in [4.69, 9.17) is 5.73 Å². The largest absolute Gasteiger partial charge is 0.326 e. The number of carbonyl (C=O) groups excluding carboxylic acids is 1. The molecule has 1 aliphatic rings. The molecular weight excluding hydrogens is 206 g/mol. The van der Waals surface area contributed by atoms with Crippen molar-refractivity contribution in [1.82, 2.24) is 15.1 Å². The van der Waals surface area contributed by atoms with Gasteiger partial charge in [-0.1, -0.05) is 0 Å². The number of nitrogens with two attached hydrogens (primary N) is 1. The third-order valence-corrected chi connectivity index (χ3v) is 2.65. The van der Waals surface area contributed by atoms with Crippen LogP contribution in [0.3, 0.4) is 0 Å². The summed E-state index contributed by atoms with van der Waals surface area (Å²) in [6.45, 7) is 3.98. The Balaban J connectivity index is 1.80. The summed E-state index contributed by atoms with van der Waals surface area (Å²) in [5, 5.41) is 9.46. The van der Waals surface area contributed by atoms with Gasteiger partial charge in [0.05, 0.1) is 6.54 Å². The standard InChI is InChI=1S/C10H17N5O/c1-7-4-9(14-13-7)12-10(16)6-15-3-2-8(11)5-15/h4,8H,2-3,5-6,11H2,1H3,(H2,12,13,14,16). The predicted molar refractivity (Wildman–Crippen MR) is 61.0 cm³/mol. The summed E-state index contributed by atoms with van der Waals surface area (Å²) in [7, 11) is 0. The molecule has 6 heteroatoms. The van der Waals surface area contributed by atoms with E-state index in [1.54, 1.807) is 6.07 Å². The highest BCUT2D eigenvalue weighted by Gasteiger charge is 2.21. The Hall–Kier alpha value is -1.40. The van der Waals surface area contributed by atoms with E-state index in [1.807, 2.05) is 6.92 Å². The van der Waals surface area contributed by atoms with Crippen molar-refractivity contribution in [2.45, 2.75) is 19.4 Å². The van der Waals surface area contributed by atoms with Gasteiger partial charge in [-0.3, -0.25) is 14.8 Å². The van der Waals surface area contributed by atoms with E-state index < -0.39 is 0 Å². The fraction of sp³-hybridized carbons (Fsp3) is 0.600. The van der Waals surface area contributed by atoms with Gasteiger partial charge in [-0.25, -0.2) is 0 Å². The summed E-state index contributed by atoms with van der Waals surface area (Å²) in [5.74, 6) is 0.534. The number of H-pyrrole nitrogens is 1. The molecule has 1 aromatic rings. The van der Waals surface area contributed by atoms with Gasteiger partial charge in [0.25, 0.3) is 0 Å². The second-order valence-electron chi connectivity index (χ2n) is 4.27. The maximum Gasteiger partial charge on any atom is 0.239 e. The molecule has 6 nitrogen and oxygen atoms in total. The minimum Gasteiger partial charge on any atom is -0.326 e. The Bertz CT molecular complexity index is 375. The second kappa shape index (κ2) is 4.63. The zero-order chi connectivity index (χ0) is 11.5. The lowest BCUT2D eigenvalue weighted by Crippen LogP contribution is -2.33. The van der Waals surface area contributed by atoms with Gasteiger partial charge in [0, 0.05) is 30.9 Å². The molecule has 0 aliphatic carbocycles. The number of nitrogens with one attached hydrogen (secondary N) is 2. The predicted octanol–water partition coefficient (Wildman–Crippen LogP) is -0.310. The van der Waals surface area contributed by atoms with Gasteiger partial charge in [-0.15, -0.1) is 0 Å². The lowest BCUT2D eigenvalue weighted by molar-refractivity contribution is -0.117. The monoisotopic (exact) mass is 223 g/mol. The van der Waals surface area contributed by atoms with Crippen LogP contribution in [0.5, 0.6) is 0 Å². The maximum atomic E-state index is 11.6. The molecule has 2 heterocycles. The molecule has 1 atom stereocenters. The zero-order valence-electron chi connectivity index (χ0n) is 9.36. The van der Waals surface area contributed by atoms with Gasteiger partial charge in [-0.2, -0.15) is 5.10 Å². The SMILES string of the molecule is Cc1cc(NC(=O)CN2CCC(N)C2)n[nH]1. The number of hydrogen-bond acceptors (Lipinski definition) is 4. The molecule has 1 saturated heterocycles. The fourth-order valence-corrected chi connectivity index (χ4v) is 1.87. The number of hydrogen-bond donors (Lipinski definition) is 3. The summed E-state index contributed by atoms with van der Waals surface area (Å²) in [6, 6.07) is 2.01. The van der Waals surface area contributed by atoms with E-state index in [9.17, 15) is 4.79 Å². The van der Waals surface area contributed by atoms with Crippen LogP contribution in [0.15, 0.2) is 6.07 Å². The molecule has 1 fully saturated rings. The molecule has 1 unspecified atom stereocenters. The number of rotatable bonds is 3. The number of amides is 1. The van der Waals surface area contributed by atoms with E-state index in [0.717, 1.165) is 25.2 Å². The first-order chi connectivity index (χ1) is 7.63. The lowest BCUT2D eigenvalue weighted by Gasteiger charge is -2.13. The third kappa shape index (κ3) is 2.80. The van der Waals surface area contributed by atoms with E-state index in [0.29, 0.717) is 12.4 Å². The molecule has 0 radical (unpaired) electrons. The van der Waals surface area contributed by atoms with Crippen LogP contribution < -0.4 is 11.1 Å². The Kier molecular flexibility index (Phi) is 3.21. The number of nitrogens with zero attached hydrogens (tertiary/aromatic N) is 2. The van der Waals surface area contributed by atoms with Gasteiger partial charge in [-0.05, 0) is 13.3 Å². The highest BCUT2D eigenvalue weighted by atomic mass is 16.2. The van der Waals surface area contributed by atoms with Crippen molar-refractivity contribution >= 4 is 11.7 Å². The molecule has 16 heavy (non-hydrogen) atoms. The van der Waals surface area contributed by atoms with Crippen LogP contribution >= 0.6 is 0 Å². The van der Waals surface area contributed by atoms with Gasteiger partial charge in [0.2, 0.25) is 5.91 Å². The van der Waals surface area contributed by atoms with Crippen molar-refractivity contribution in [1.29, 1.82) is 0 Å². The van der Waals surface area contributed by atoms with Crippen LogP contribution in [0, 0.1) is 6.92 Å². The molecule has 1 aromatic heterocycles. The molecule has 4 N–H and O–H groups in total. The minimum absolute atomic E-state index is 0.0411. The average molecular weight is 223 g/mol. The quantitative estimate of drug-likeness (QED) is 0.656. The van der Waals surface area contributed by atoms with Crippen LogP contribution in [0.4, 0.5) is 5.82 Å². The molecule has 88 valence electrons. The second-order valence-corrected chi connectivity index (χ2v) is 4.27. The Morgan fingerprint density at radius 2 is 2.62 bits per heavy atom. The molecule has 0 saturated carbocycles. The molecule has 1 amide bonds. The lowest BCUT2D eigenvalue weighted by atomic mass is 10.3. The Morgan fingerprint density at radius 3 is 3.19 bits per heavy atom. The van der Waals surface area contributed by atoms with E-state index >= 15 is 0 Å². The topological polar surface area (TPSA) is 87.0 Å². The fourth-order valence-electron chi connectivity index (χ4n) is 1.87. The highest BCUT2D eigenvalue weighted by Crippen LogP contribution is 2.07. The van der Waals surface area contributed by atoms with Crippen molar-refractivity contribution in [3.63, 3.8) is 0 Å². The van der Waals surface area contributed by atoms with E-state index in [-0.39, 0.29) is 11.9 Å². The number of aromatic nitrogens is 2. The molecule has 0 bridgehead atoms. The van der Waals surface area contributed by atoms with Crippen molar-refractivity contribution in [3.05, 3.63) is 11.8 Å².